The quantitative estimate of drug-likeness (QED) is 0.465. The molecule has 2 aromatic carbocycles. The summed E-state index contributed by atoms with van der Waals surface area (Å²) in [4.78, 5) is 35.1. The summed E-state index contributed by atoms with van der Waals surface area (Å²) in [6, 6.07) is 13.0. The summed E-state index contributed by atoms with van der Waals surface area (Å²) in [5.74, 6) is -2.41. The summed E-state index contributed by atoms with van der Waals surface area (Å²) in [5, 5.41) is 23.8. The van der Waals surface area contributed by atoms with Gasteiger partial charge >= 0.3 is 12.1 Å². The Morgan fingerprint density at radius 3 is 2.30 bits per heavy atom. The molecule has 2 amide bonds. The molecule has 0 aliphatic rings. The number of rotatable bonds is 10. The third-order valence-corrected chi connectivity index (χ3v) is 4.10. The van der Waals surface area contributed by atoms with Crippen molar-refractivity contribution in [3.63, 3.8) is 0 Å². The zero-order valence-corrected chi connectivity index (χ0v) is 16.1. The number of aliphatic hydroxyl groups is 1. The number of aliphatic hydroxyl groups excluding tert-OH is 1. The lowest BCUT2D eigenvalue weighted by molar-refractivity contribution is -0.142. The van der Waals surface area contributed by atoms with Gasteiger partial charge in [0.25, 0.3) is 0 Å². The van der Waals surface area contributed by atoms with E-state index in [0.29, 0.717) is 5.56 Å². The SMILES string of the molecule is O=C(C[C@H](O)CNC(=O)OCc1ccccc1)N[C@@H](Cc1ccc(F)cc1)C(=O)O. The highest BCUT2D eigenvalue weighted by molar-refractivity contribution is 5.84. The van der Waals surface area contributed by atoms with Gasteiger partial charge in [0.15, 0.2) is 0 Å². The van der Waals surface area contributed by atoms with E-state index in [0.717, 1.165) is 5.56 Å². The predicted octanol–water partition coefficient (Wildman–Crippen LogP) is 1.61. The van der Waals surface area contributed by atoms with E-state index >= 15 is 0 Å². The first-order valence-electron chi connectivity index (χ1n) is 9.22. The van der Waals surface area contributed by atoms with Gasteiger partial charge in [0, 0.05) is 13.0 Å². The number of carboxylic acid groups (broad SMARTS) is 1. The monoisotopic (exact) mass is 418 g/mol. The molecule has 30 heavy (non-hydrogen) atoms. The van der Waals surface area contributed by atoms with Crippen LogP contribution >= 0.6 is 0 Å². The van der Waals surface area contributed by atoms with Crippen LogP contribution in [-0.2, 0) is 27.4 Å². The van der Waals surface area contributed by atoms with Gasteiger partial charge in [0.2, 0.25) is 5.91 Å². The molecule has 0 aliphatic heterocycles. The standard InChI is InChI=1S/C21H23FN2O6/c22-16-8-6-14(7-9-16)10-18(20(27)28)24-19(26)11-17(25)12-23-21(29)30-13-15-4-2-1-3-5-15/h1-9,17-18,25H,10-13H2,(H,23,29)(H,24,26)(H,27,28)/t17-,18-/m0/s1. The highest BCUT2D eigenvalue weighted by Crippen LogP contribution is 2.07. The molecule has 0 unspecified atom stereocenters. The van der Waals surface area contributed by atoms with Crippen molar-refractivity contribution in [1.82, 2.24) is 10.6 Å². The molecule has 2 aromatic rings. The van der Waals surface area contributed by atoms with Crippen molar-refractivity contribution in [2.75, 3.05) is 6.54 Å². The van der Waals surface area contributed by atoms with E-state index in [4.69, 9.17) is 4.74 Å². The summed E-state index contributed by atoms with van der Waals surface area (Å²) in [6.45, 7) is -0.177. The van der Waals surface area contributed by atoms with E-state index in [1.165, 1.54) is 24.3 Å². The molecule has 0 spiro atoms. The number of nitrogens with one attached hydrogen (secondary N) is 2. The molecule has 0 bridgehead atoms. The Labute approximate surface area is 172 Å². The first-order valence-corrected chi connectivity index (χ1v) is 9.22. The summed E-state index contributed by atoms with van der Waals surface area (Å²) < 4.78 is 17.9. The summed E-state index contributed by atoms with van der Waals surface area (Å²) in [6.07, 6.45) is -2.43. The van der Waals surface area contributed by atoms with Crippen LogP contribution in [0, 0.1) is 5.82 Å². The van der Waals surface area contributed by atoms with Gasteiger partial charge in [-0.25, -0.2) is 14.0 Å². The van der Waals surface area contributed by atoms with Gasteiger partial charge < -0.3 is 25.6 Å². The second-order valence-electron chi connectivity index (χ2n) is 6.59. The molecule has 0 saturated heterocycles. The van der Waals surface area contributed by atoms with Gasteiger partial charge in [0.05, 0.1) is 12.5 Å². The van der Waals surface area contributed by atoms with Crippen molar-refractivity contribution in [2.45, 2.75) is 31.6 Å². The van der Waals surface area contributed by atoms with E-state index in [1.54, 1.807) is 24.3 Å². The van der Waals surface area contributed by atoms with Crippen LogP contribution < -0.4 is 10.6 Å². The number of halogens is 1. The number of alkyl carbamates (subject to hydrolysis) is 1. The van der Waals surface area contributed by atoms with Gasteiger partial charge in [-0.15, -0.1) is 0 Å². The number of carboxylic acids is 1. The van der Waals surface area contributed by atoms with Crippen LogP contribution in [0.15, 0.2) is 54.6 Å². The molecule has 0 aromatic heterocycles. The molecule has 4 N–H and O–H groups in total. The zero-order valence-electron chi connectivity index (χ0n) is 16.1. The van der Waals surface area contributed by atoms with E-state index in [2.05, 4.69) is 10.6 Å². The normalized spacial score (nSPS) is 12.5. The fraction of sp³-hybridized carbons (Fsp3) is 0.286. The molecular weight excluding hydrogens is 395 g/mol. The van der Waals surface area contributed by atoms with E-state index in [-0.39, 0.29) is 19.6 Å². The molecule has 8 nitrogen and oxygen atoms in total. The van der Waals surface area contributed by atoms with Crippen molar-refractivity contribution < 1.29 is 33.7 Å². The van der Waals surface area contributed by atoms with Crippen LogP contribution in [0.5, 0.6) is 0 Å². The van der Waals surface area contributed by atoms with E-state index in [1.807, 2.05) is 6.07 Å². The van der Waals surface area contributed by atoms with Gasteiger partial charge in [-0.3, -0.25) is 4.79 Å². The van der Waals surface area contributed by atoms with Crippen molar-refractivity contribution in [2.24, 2.45) is 0 Å². The predicted molar refractivity (Wildman–Crippen MR) is 105 cm³/mol. The minimum absolute atomic E-state index is 0.0402. The summed E-state index contributed by atoms with van der Waals surface area (Å²) in [5.41, 5.74) is 1.33. The summed E-state index contributed by atoms with van der Waals surface area (Å²) >= 11 is 0. The fourth-order valence-corrected chi connectivity index (χ4v) is 2.57. The lowest BCUT2D eigenvalue weighted by Crippen LogP contribution is -2.44. The second-order valence-corrected chi connectivity index (χ2v) is 6.59. The Hall–Kier alpha value is -3.46. The number of benzene rings is 2. The molecule has 9 heteroatoms. The van der Waals surface area contributed by atoms with Gasteiger partial charge in [-0.2, -0.15) is 0 Å². The molecule has 160 valence electrons. The molecule has 0 saturated carbocycles. The van der Waals surface area contributed by atoms with Crippen LogP contribution in [0.1, 0.15) is 17.5 Å². The third kappa shape index (κ3) is 8.27. The molecular formula is C21H23FN2O6. The van der Waals surface area contributed by atoms with Crippen LogP contribution in [0.3, 0.4) is 0 Å². The number of hydrogen-bond donors (Lipinski definition) is 4. The fourth-order valence-electron chi connectivity index (χ4n) is 2.57. The number of carbonyl (C=O) groups excluding carboxylic acids is 2. The molecule has 0 radical (unpaired) electrons. The Morgan fingerprint density at radius 1 is 1.00 bits per heavy atom. The van der Waals surface area contributed by atoms with Crippen LogP contribution in [-0.4, -0.2) is 46.9 Å². The third-order valence-electron chi connectivity index (χ3n) is 4.10. The minimum atomic E-state index is -1.26. The molecule has 0 fully saturated rings. The first-order chi connectivity index (χ1) is 14.3. The van der Waals surface area contributed by atoms with Gasteiger partial charge in [-0.1, -0.05) is 42.5 Å². The van der Waals surface area contributed by atoms with Gasteiger partial charge in [0.1, 0.15) is 18.5 Å². The zero-order chi connectivity index (χ0) is 21.9. The first kappa shape index (κ1) is 22.8. The highest BCUT2D eigenvalue weighted by Gasteiger charge is 2.22. The second kappa shape index (κ2) is 11.5. The highest BCUT2D eigenvalue weighted by atomic mass is 19.1. The van der Waals surface area contributed by atoms with Crippen LogP contribution in [0.2, 0.25) is 0 Å². The maximum atomic E-state index is 12.9. The lowest BCUT2D eigenvalue weighted by atomic mass is 10.1. The topological polar surface area (TPSA) is 125 Å². The average molecular weight is 418 g/mol. The van der Waals surface area contributed by atoms with Crippen molar-refractivity contribution in [3.05, 3.63) is 71.5 Å². The Morgan fingerprint density at radius 2 is 1.67 bits per heavy atom. The maximum absolute atomic E-state index is 12.9. The molecule has 2 atom stereocenters. The summed E-state index contributed by atoms with van der Waals surface area (Å²) in [7, 11) is 0. The molecule has 2 rings (SSSR count). The number of hydrogen-bond acceptors (Lipinski definition) is 5. The van der Waals surface area contributed by atoms with Crippen molar-refractivity contribution in [1.29, 1.82) is 0 Å². The number of ether oxygens (including phenoxy) is 1. The average Bonchev–Trinajstić information content (AvgIpc) is 2.72. The maximum Gasteiger partial charge on any atom is 0.407 e. The Kier molecular flexibility index (Phi) is 8.76. The molecule has 0 aliphatic carbocycles. The largest absolute Gasteiger partial charge is 0.480 e. The Bertz CT molecular complexity index is 844. The lowest BCUT2D eigenvalue weighted by Gasteiger charge is -2.17. The van der Waals surface area contributed by atoms with E-state index < -0.39 is 42.4 Å². The smallest absolute Gasteiger partial charge is 0.407 e. The number of aliphatic carboxylic acids is 1. The number of amides is 2. The minimum Gasteiger partial charge on any atom is -0.480 e. The van der Waals surface area contributed by atoms with Crippen molar-refractivity contribution >= 4 is 18.0 Å². The van der Waals surface area contributed by atoms with Crippen LogP contribution in [0.25, 0.3) is 0 Å². The van der Waals surface area contributed by atoms with E-state index in [9.17, 15) is 29.0 Å². The van der Waals surface area contributed by atoms with Crippen molar-refractivity contribution in [3.8, 4) is 0 Å². The number of carbonyl (C=O) groups is 3. The Balaban J connectivity index is 1.73. The van der Waals surface area contributed by atoms with Crippen LogP contribution in [0.4, 0.5) is 9.18 Å². The molecule has 0 heterocycles. The van der Waals surface area contributed by atoms with Gasteiger partial charge in [-0.05, 0) is 23.3 Å².